The van der Waals surface area contributed by atoms with Gasteiger partial charge in [-0.2, -0.15) is 0 Å². The van der Waals surface area contributed by atoms with Gasteiger partial charge < -0.3 is 9.64 Å². The molecule has 0 radical (unpaired) electrons. The minimum absolute atomic E-state index is 0.280. The Balaban J connectivity index is 1.78. The zero-order valence-electron chi connectivity index (χ0n) is 12.4. The molecule has 0 aliphatic carbocycles. The number of likely N-dealkylation sites (N-methyl/N-ethyl adjacent to an activating group) is 1. The number of hydrogen-bond donors (Lipinski definition) is 0. The monoisotopic (exact) mass is 277 g/mol. The van der Waals surface area contributed by atoms with Crippen molar-refractivity contribution in [3.05, 3.63) is 71.8 Å². The fourth-order valence-electron chi connectivity index (χ4n) is 2.56. The number of para-hydroxylation sites is 1. The molecule has 0 fully saturated rings. The maximum Gasteiger partial charge on any atom is 0.118 e. The molecule has 0 N–H and O–H groups in total. The van der Waals surface area contributed by atoms with Gasteiger partial charge in [-0.15, -0.1) is 0 Å². The Bertz CT molecular complexity index is 670. The van der Waals surface area contributed by atoms with E-state index >= 15 is 0 Å². The van der Waals surface area contributed by atoms with Crippen LogP contribution in [-0.4, -0.2) is 20.2 Å². The summed E-state index contributed by atoms with van der Waals surface area (Å²) in [7, 11) is 3.81. The molecular weight excluding hydrogens is 258 g/mol. The highest BCUT2D eigenvalue weighted by molar-refractivity contribution is 5.73. The molecule has 2 aromatic carbocycles. The lowest BCUT2D eigenvalue weighted by molar-refractivity contribution is 0.415. The second kappa shape index (κ2) is 5.88. The molecule has 3 rings (SSSR count). The van der Waals surface area contributed by atoms with Crippen molar-refractivity contribution in [3.63, 3.8) is 0 Å². The van der Waals surface area contributed by atoms with E-state index in [-0.39, 0.29) is 6.04 Å². The summed E-state index contributed by atoms with van der Waals surface area (Å²) in [6.45, 7) is 0. The predicted octanol–water partition coefficient (Wildman–Crippen LogP) is 4.24. The standard InChI is InChI=1S/C19H19NO/c1-20-17(12-10-16-5-3-4-6-19(16)20)11-7-15-8-13-18(21-2)14-9-15/h3-14,17H,1-2H3/b11-7+. The van der Waals surface area contributed by atoms with Crippen molar-refractivity contribution in [1.82, 2.24) is 0 Å². The third-order valence-electron chi connectivity index (χ3n) is 3.84. The fourth-order valence-corrected chi connectivity index (χ4v) is 2.56. The van der Waals surface area contributed by atoms with E-state index in [1.54, 1.807) is 7.11 Å². The van der Waals surface area contributed by atoms with Crippen molar-refractivity contribution >= 4 is 17.8 Å². The van der Waals surface area contributed by atoms with Crippen molar-refractivity contribution in [2.75, 3.05) is 19.1 Å². The van der Waals surface area contributed by atoms with E-state index in [9.17, 15) is 0 Å². The van der Waals surface area contributed by atoms with E-state index in [1.807, 2.05) is 12.1 Å². The summed E-state index contributed by atoms with van der Waals surface area (Å²) in [6, 6.07) is 16.8. The van der Waals surface area contributed by atoms with Gasteiger partial charge in [-0.25, -0.2) is 0 Å². The van der Waals surface area contributed by atoms with Crippen LogP contribution in [-0.2, 0) is 0 Å². The van der Waals surface area contributed by atoms with Gasteiger partial charge in [-0.1, -0.05) is 54.6 Å². The number of rotatable bonds is 3. The molecule has 0 bridgehead atoms. The quantitative estimate of drug-likeness (QED) is 0.832. The molecule has 1 aliphatic heterocycles. The van der Waals surface area contributed by atoms with Crippen molar-refractivity contribution < 1.29 is 4.74 Å². The minimum atomic E-state index is 0.280. The van der Waals surface area contributed by atoms with E-state index in [1.165, 1.54) is 16.8 Å². The third-order valence-corrected chi connectivity index (χ3v) is 3.84. The van der Waals surface area contributed by atoms with Crippen LogP contribution in [0.2, 0.25) is 0 Å². The van der Waals surface area contributed by atoms with E-state index in [4.69, 9.17) is 4.74 Å². The second-order valence-corrected chi connectivity index (χ2v) is 5.15. The average molecular weight is 277 g/mol. The smallest absolute Gasteiger partial charge is 0.118 e. The Hall–Kier alpha value is -2.48. The van der Waals surface area contributed by atoms with Gasteiger partial charge in [-0.05, 0) is 29.3 Å². The van der Waals surface area contributed by atoms with Gasteiger partial charge in [0.2, 0.25) is 0 Å². The summed E-state index contributed by atoms with van der Waals surface area (Å²) in [5.74, 6) is 0.885. The van der Waals surface area contributed by atoms with Crippen molar-refractivity contribution in [1.29, 1.82) is 0 Å². The first kappa shape index (κ1) is 13.5. The van der Waals surface area contributed by atoms with Crippen LogP contribution in [0.1, 0.15) is 11.1 Å². The average Bonchev–Trinajstić information content (AvgIpc) is 2.55. The third kappa shape index (κ3) is 2.84. The summed E-state index contributed by atoms with van der Waals surface area (Å²) in [5, 5.41) is 0. The van der Waals surface area contributed by atoms with Crippen LogP contribution in [0.25, 0.3) is 12.2 Å². The van der Waals surface area contributed by atoms with E-state index in [2.05, 4.69) is 72.6 Å². The summed E-state index contributed by atoms with van der Waals surface area (Å²) in [4.78, 5) is 2.29. The Morgan fingerprint density at radius 2 is 1.81 bits per heavy atom. The molecule has 1 heterocycles. The zero-order valence-corrected chi connectivity index (χ0v) is 12.4. The molecule has 2 aromatic rings. The summed E-state index contributed by atoms with van der Waals surface area (Å²) < 4.78 is 5.18. The highest BCUT2D eigenvalue weighted by Gasteiger charge is 2.15. The van der Waals surface area contributed by atoms with Gasteiger partial charge in [0, 0.05) is 12.7 Å². The number of anilines is 1. The van der Waals surface area contributed by atoms with Crippen molar-refractivity contribution in [2.45, 2.75) is 6.04 Å². The highest BCUT2D eigenvalue weighted by atomic mass is 16.5. The van der Waals surface area contributed by atoms with Crippen LogP contribution >= 0.6 is 0 Å². The molecule has 106 valence electrons. The van der Waals surface area contributed by atoms with Crippen LogP contribution < -0.4 is 9.64 Å². The summed E-state index contributed by atoms with van der Waals surface area (Å²) >= 11 is 0. The van der Waals surface area contributed by atoms with Gasteiger partial charge >= 0.3 is 0 Å². The number of hydrogen-bond acceptors (Lipinski definition) is 2. The number of nitrogens with zero attached hydrogens (tertiary/aromatic N) is 1. The Labute approximate surface area is 126 Å². The molecule has 0 saturated carbocycles. The van der Waals surface area contributed by atoms with Crippen LogP contribution in [0.3, 0.4) is 0 Å². The number of fused-ring (bicyclic) bond motifs is 1. The SMILES string of the molecule is COc1ccc(/C=C/C2C=Cc3ccccc3N2C)cc1. The van der Waals surface area contributed by atoms with Gasteiger partial charge in [0.15, 0.2) is 0 Å². The molecule has 2 nitrogen and oxygen atoms in total. The Kier molecular flexibility index (Phi) is 3.78. The van der Waals surface area contributed by atoms with E-state index in [0.717, 1.165) is 5.75 Å². The van der Waals surface area contributed by atoms with Crippen LogP contribution in [0, 0.1) is 0 Å². The number of ether oxygens (including phenoxy) is 1. The van der Waals surface area contributed by atoms with Gasteiger partial charge in [-0.3, -0.25) is 0 Å². The lowest BCUT2D eigenvalue weighted by atomic mass is 10.0. The molecule has 1 atom stereocenters. The fraction of sp³-hybridized carbons (Fsp3) is 0.158. The van der Waals surface area contributed by atoms with E-state index < -0.39 is 0 Å². The first-order valence-electron chi connectivity index (χ1n) is 7.10. The molecule has 0 saturated heterocycles. The van der Waals surface area contributed by atoms with Crippen LogP contribution in [0.15, 0.2) is 60.7 Å². The summed E-state index contributed by atoms with van der Waals surface area (Å²) in [5.41, 5.74) is 3.72. The number of methoxy groups -OCH3 is 1. The molecular formula is C19H19NO. The first-order chi connectivity index (χ1) is 10.3. The largest absolute Gasteiger partial charge is 0.497 e. The van der Waals surface area contributed by atoms with E-state index in [0.29, 0.717) is 0 Å². The highest BCUT2D eigenvalue weighted by Crippen LogP contribution is 2.28. The Morgan fingerprint density at radius 3 is 2.57 bits per heavy atom. The molecule has 0 amide bonds. The van der Waals surface area contributed by atoms with Gasteiger partial charge in [0.1, 0.15) is 5.75 Å². The minimum Gasteiger partial charge on any atom is -0.497 e. The Morgan fingerprint density at radius 1 is 1.05 bits per heavy atom. The molecule has 1 unspecified atom stereocenters. The molecule has 1 aliphatic rings. The van der Waals surface area contributed by atoms with Gasteiger partial charge in [0.05, 0.1) is 13.2 Å². The van der Waals surface area contributed by atoms with Crippen molar-refractivity contribution in [2.24, 2.45) is 0 Å². The topological polar surface area (TPSA) is 12.5 Å². The maximum absolute atomic E-state index is 5.18. The molecule has 0 spiro atoms. The maximum atomic E-state index is 5.18. The predicted molar refractivity (Wildman–Crippen MR) is 89.7 cm³/mol. The molecule has 21 heavy (non-hydrogen) atoms. The lowest BCUT2D eigenvalue weighted by Crippen LogP contribution is -2.30. The molecule has 0 aromatic heterocycles. The second-order valence-electron chi connectivity index (χ2n) is 5.15. The molecule has 2 heteroatoms. The lowest BCUT2D eigenvalue weighted by Gasteiger charge is -2.30. The zero-order chi connectivity index (χ0) is 14.7. The van der Waals surface area contributed by atoms with Crippen LogP contribution in [0.4, 0.5) is 5.69 Å². The number of benzene rings is 2. The normalized spacial score (nSPS) is 17.0. The van der Waals surface area contributed by atoms with Gasteiger partial charge in [0.25, 0.3) is 0 Å². The van der Waals surface area contributed by atoms with Crippen molar-refractivity contribution in [3.8, 4) is 5.75 Å². The summed E-state index contributed by atoms with van der Waals surface area (Å²) in [6.07, 6.45) is 8.79. The van der Waals surface area contributed by atoms with Crippen LogP contribution in [0.5, 0.6) is 5.75 Å². The first-order valence-corrected chi connectivity index (χ1v) is 7.10.